The second-order valence-electron chi connectivity index (χ2n) is 6.62. The van der Waals surface area contributed by atoms with Crippen LogP contribution in [-0.2, 0) is 17.8 Å². The van der Waals surface area contributed by atoms with Crippen LogP contribution in [0, 0.1) is 6.92 Å². The molecule has 3 rings (SSSR count). The molecule has 0 saturated carbocycles. The highest BCUT2D eigenvalue weighted by Gasteiger charge is 2.18. The number of halogens is 1. The van der Waals surface area contributed by atoms with Crippen molar-refractivity contribution < 1.29 is 9.47 Å². The van der Waals surface area contributed by atoms with E-state index in [0.29, 0.717) is 19.7 Å². The minimum absolute atomic E-state index is 0.139. The molecule has 0 radical (unpaired) electrons. The molecule has 144 valence electrons. The summed E-state index contributed by atoms with van der Waals surface area (Å²) >= 11 is 3.46. The van der Waals surface area contributed by atoms with Gasteiger partial charge in [-0.25, -0.2) is 0 Å². The van der Waals surface area contributed by atoms with E-state index in [-0.39, 0.29) is 6.10 Å². The normalized spacial score (nSPS) is 17.0. The molecule has 0 amide bonds. The molecule has 27 heavy (non-hydrogen) atoms. The number of aliphatic imine (C=N–C) groups is 1. The maximum absolute atomic E-state index is 6.16. The molecule has 0 bridgehead atoms. The van der Waals surface area contributed by atoms with Crippen LogP contribution >= 0.6 is 15.9 Å². The Balaban J connectivity index is 1.58. The maximum Gasteiger partial charge on any atom is 0.191 e. The van der Waals surface area contributed by atoms with Crippen molar-refractivity contribution in [3.8, 4) is 5.75 Å². The molecule has 0 spiro atoms. The molecule has 2 aromatic rings. The Bertz CT molecular complexity index is 771. The fourth-order valence-corrected chi connectivity index (χ4v) is 3.15. The van der Waals surface area contributed by atoms with E-state index in [1.807, 2.05) is 12.1 Å². The number of guanidine groups is 1. The number of nitrogens with zero attached hydrogens (tertiary/aromatic N) is 1. The molecule has 1 aliphatic rings. The quantitative estimate of drug-likeness (QED) is 0.539. The van der Waals surface area contributed by atoms with E-state index in [4.69, 9.17) is 9.47 Å². The van der Waals surface area contributed by atoms with Gasteiger partial charge in [0.15, 0.2) is 5.96 Å². The molecule has 1 unspecified atom stereocenters. The van der Waals surface area contributed by atoms with E-state index in [9.17, 15) is 0 Å². The van der Waals surface area contributed by atoms with Gasteiger partial charge in [0.05, 0.1) is 13.2 Å². The van der Waals surface area contributed by atoms with E-state index in [0.717, 1.165) is 34.8 Å². The Kier molecular flexibility index (Phi) is 7.12. The molecule has 1 atom stereocenters. The van der Waals surface area contributed by atoms with Gasteiger partial charge in [-0.05, 0) is 36.2 Å². The van der Waals surface area contributed by atoms with E-state index < -0.39 is 0 Å². The molecule has 5 nitrogen and oxygen atoms in total. The molecule has 1 saturated heterocycles. The van der Waals surface area contributed by atoms with E-state index in [2.05, 4.69) is 68.8 Å². The van der Waals surface area contributed by atoms with E-state index in [1.165, 1.54) is 11.1 Å². The highest BCUT2D eigenvalue weighted by Crippen LogP contribution is 2.23. The molecule has 1 aliphatic heterocycles. The molecule has 2 aromatic carbocycles. The molecule has 6 heteroatoms. The Labute approximate surface area is 169 Å². The van der Waals surface area contributed by atoms with Gasteiger partial charge in [0.2, 0.25) is 0 Å². The molecule has 1 fully saturated rings. The molecular formula is C21H26BrN3O2. The highest BCUT2D eigenvalue weighted by atomic mass is 79.9. The molecular weight excluding hydrogens is 406 g/mol. The summed E-state index contributed by atoms with van der Waals surface area (Å²) < 4.78 is 12.7. The number of hydrogen-bond acceptors (Lipinski definition) is 3. The second kappa shape index (κ2) is 9.76. The first-order chi connectivity index (χ1) is 13.1. The largest absolute Gasteiger partial charge is 0.488 e. The first kappa shape index (κ1) is 19.7. The fraction of sp³-hybridized carbons (Fsp3) is 0.381. The topological polar surface area (TPSA) is 54.9 Å². The average molecular weight is 432 g/mol. The minimum atomic E-state index is 0.139. The lowest BCUT2D eigenvalue weighted by Gasteiger charge is -2.18. The van der Waals surface area contributed by atoms with Crippen LogP contribution in [0.5, 0.6) is 5.75 Å². The summed E-state index contributed by atoms with van der Waals surface area (Å²) in [6, 6.07) is 14.5. The lowest BCUT2D eigenvalue weighted by atomic mass is 10.1. The van der Waals surface area contributed by atoms with Crippen molar-refractivity contribution in [2.75, 3.05) is 20.3 Å². The summed E-state index contributed by atoms with van der Waals surface area (Å²) in [5, 5.41) is 6.71. The monoisotopic (exact) mass is 431 g/mol. The van der Waals surface area contributed by atoms with Gasteiger partial charge < -0.3 is 20.1 Å². The van der Waals surface area contributed by atoms with E-state index in [1.54, 1.807) is 7.05 Å². The third kappa shape index (κ3) is 5.97. The predicted octanol–water partition coefficient (Wildman–Crippen LogP) is 3.79. The summed E-state index contributed by atoms with van der Waals surface area (Å²) in [4.78, 5) is 4.31. The number of nitrogens with one attached hydrogen (secondary N) is 2. The Morgan fingerprint density at radius 3 is 2.67 bits per heavy atom. The van der Waals surface area contributed by atoms with Crippen LogP contribution in [0.25, 0.3) is 0 Å². The van der Waals surface area contributed by atoms with Gasteiger partial charge in [0, 0.05) is 36.6 Å². The van der Waals surface area contributed by atoms with Crippen molar-refractivity contribution in [3.05, 3.63) is 63.6 Å². The van der Waals surface area contributed by atoms with Crippen molar-refractivity contribution in [3.63, 3.8) is 0 Å². The first-order valence-electron chi connectivity index (χ1n) is 9.17. The van der Waals surface area contributed by atoms with Crippen LogP contribution in [-0.4, -0.2) is 32.3 Å². The van der Waals surface area contributed by atoms with Crippen LogP contribution in [0.15, 0.2) is 51.9 Å². The van der Waals surface area contributed by atoms with Crippen LogP contribution in [0.3, 0.4) is 0 Å². The zero-order chi connectivity index (χ0) is 19.1. The maximum atomic E-state index is 6.16. The number of benzene rings is 2. The highest BCUT2D eigenvalue weighted by molar-refractivity contribution is 9.10. The van der Waals surface area contributed by atoms with Crippen LogP contribution in [0.1, 0.15) is 23.1 Å². The number of aryl methyl sites for hydroxylation is 1. The van der Waals surface area contributed by atoms with Gasteiger partial charge in [0.1, 0.15) is 11.9 Å². The number of rotatable bonds is 6. The van der Waals surface area contributed by atoms with Crippen molar-refractivity contribution in [2.45, 2.75) is 32.5 Å². The summed E-state index contributed by atoms with van der Waals surface area (Å²) in [5.41, 5.74) is 3.49. The standard InChI is InChI=1S/C21H26BrN3O2/c1-15-3-6-17(20(11-15)27-19-9-10-26-14-19)13-25-21(23-2)24-12-16-4-7-18(22)8-5-16/h3-8,11,19H,9-10,12-14H2,1-2H3,(H2,23,24,25). The van der Waals surface area contributed by atoms with Gasteiger partial charge in [-0.1, -0.05) is 40.2 Å². The lowest BCUT2D eigenvalue weighted by molar-refractivity contribution is 0.140. The van der Waals surface area contributed by atoms with Gasteiger partial charge in [-0.15, -0.1) is 0 Å². The van der Waals surface area contributed by atoms with Gasteiger partial charge in [0.25, 0.3) is 0 Å². The Hall–Kier alpha value is -2.05. The smallest absolute Gasteiger partial charge is 0.191 e. The Morgan fingerprint density at radius 2 is 1.96 bits per heavy atom. The third-order valence-corrected chi connectivity index (χ3v) is 4.98. The zero-order valence-electron chi connectivity index (χ0n) is 15.8. The predicted molar refractivity (Wildman–Crippen MR) is 112 cm³/mol. The minimum Gasteiger partial charge on any atom is -0.488 e. The summed E-state index contributed by atoms with van der Waals surface area (Å²) in [5.74, 6) is 1.68. The molecule has 1 heterocycles. The SMILES string of the molecule is CN=C(NCc1ccc(Br)cc1)NCc1ccc(C)cc1OC1CCOC1. The van der Waals surface area contributed by atoms with Crippen molar-refractivity contribution >= 4 is 21.9 Å². The summed E-state index contributed by atoms with van der Waals surface area (Å²) in [6.45, 7) is 4.87. The molecule has 2 N–H and O–H groups in total. The Morgan fingerprint density at radius 1 is 1.19 bits per heavy atom. The lowest BCUT2D eigenvalue weighted by Crippen LogP contribution is -2.36. The van der Waals surface area contributed by atoms with Crippen LogP contribution in [0.4, 0.5) is 0 Å². The number of hydrogen-bond donors (Lipinski definition) is 2. The fourth-order valence-electron chi connectivity index (χ4n) is 2.89. The van der Waals surface area contributed by atoms with E-state index >= 15 is 0 Å². The number of ether oxygens (including phenoxy) is 2. The van der Waals surface area contributed by atoms with Crippen molar-refractivity contribution in [1.82, 2.24) is 10.6 Å². The van der Waals surface area contributed by atoms with Crippen molar-refractivity contribution in [2.24, 2.45) is 4.99 Å². The van der Waals surface area contributed by atoms with Crippen molar-refractivity contribution in [1.29, 1.82) is 0 Å². The van der Waals surface area contributed by atoms with Gasteiger partial charge in [-0.3, -0.25) is 4.99 Å². The third-order valence-electron chi connectivity index (χ3n) is 4.45. The van der Waals surface area contributed by atoms with Gasteiger partial charge >= 0.3 is 0 Å². The summed E-state index contributed by atoms with van der Waals surface area (Å²) in [7, 11) is 1.78. The first-order valence-corrected chi connectivity index (χ1v) is 9.96. The van der Waals surface area contributed by atoms with Crippen LogP contribution < -0.4 is 15.4 Å². The van der Waals surface area contributed by atoms with Crippen LogP contribution in [0.2, 0.25) is 0 Å². The molecule has 0 aromatic heterocycles. The second-order valence-corrected chi connectivity index (χ2v) is 7.54. The average Bonchev–Trinajstić information content (AvgIpc) is 3.18. The van der Waals surface area contributed by atoms with Gasteiger partial charge in [-0.2, -0.15) is 0 Å². The molecule has 0 aliphatic carbocycles. The summed E-state index contributed by atoms with van der Waals surface area (Å²) in [6.07, 6.45) is 1.08. The zero-order valence-corrected chi connectivity index (χ0v) is 17.4.